The molecule has 1 aromatic heterocycles. The maximum Gasteiger partial charge on any atom is 0.260 e. The smallest absolute Gasteiger partial charge is 0.260 e. The molecule has 7 heteroatoms. The van der Waals surface area contributed by atoms with Crippen LogP contribution in [0.4, 0.5) is 0 Å². The van der Waals surface area contributed by atoms with Crippen LogP contribution in [0.3, 0.4) is 0 Å². The van der Waals surface area contributed by atoms with Gasteiger partial charge in [0.15, 0.2) is 5.03 Å². The lowest BCUT2D eigenvalue weighted by atomic mass is 10.1. The highest BCUT2D eigenvalue weighted by atomic mass is 35.5. The molecule has 0 aromatic carbocycles. The largest absolute Gasteiger partial charge is 0.370 e. The maximum atomic E-state index is 12.6. The summed E-state index contributed by atoms with van der Waals surface area (Å²) < 4.78 is 32.4. The summed E-state index contributed by atoms with van der Waals surface area (Å²) in [7, 11) is -3.59. The Kier molecular flexibility index (Phi) is 4.39. The summed E-state index contributed by atoms with van der Waals surface area (Å²) in [6, 6.07) is 3.18. The number of pyridine rings is 1. The van der Waals surface area contributed by atoms with Crippen molar-refractivity contribution < 1.29 is 13.2 Å². The second-order valence-corrected chi connectivity index (χ2v) is 7.78. The first-order valence-electron chi connectivity index (χ1n) is 6.43. The van der Waals surface area contributed by atoms with Crippen LogP contribution in [-0.2, 0) is 20.6 Å². The van der Waals surface area contributed by atoms with E-state index < -0.39 is 15.6 Å². The van der Waals surface area contributed by atoms with Gasteiger partial charge >= 0.3 is 0 Å². The lowest BCUT2D eigenvalue weighted by Crippen LogP contribution is -2.53. The molecule has 2 heterocycles. The van der Waals surface area contributed by atoms with Crippen molar-refractivity contribution in [2.75, 3.05) is 13.1 Å². The first-order valence-corrected chi connectivity index (χ1v) is 8.41. The van der Waals surface area contributed by atoms with Crippen molar-refractivity contribution in [1.82, 2.24) is 9.29 Å². The molecule has 0 radical (unpaired) electrons. The topological polar surface area (TPSA) is 59.5 Å². The van der Waals surface area contributed by atoms with E-state index in [-0.39, 0.29) is 11.1 Å². The lowest BCUT2D eigenvalue weighted by molar-refractivity contribution is -0.109. The van der Waals surface area contributed by atoms with Crippen molar-refractivity contribution in [2.24, 2.45) is 0 Å². The number of morpholine rings is 1. The zero-order chi connectivity index (χ0) is 15.0. The van der Waals surface area contributed by atoms with Gasteiger partial charge in [0.2, 0.25) is 0 Å². The minimum atomic E-state index is -3.59. The highest BCUT2D eigenvalue weighted by Crippen LogP contribution is 2.25. The quantitative estimate of drug-likeness (QED) is 0.800. The Bertz CT molecular complexity index is 572. The highest BCUT2D eigenvalue weighted by molar-refractivity contribution is 7.89. The zero-order valence-electron chi connectivity index (χ0n) is 11.8. The van der Waals surface area contributed by atoms with E-state index in [2.05, 4.69) is 4.98 Å². The molecule has 112 valence electrons. The Morgan fingerprint density at radius 1 is 1.50 bits per heavy atom. The third-order valence-corrected chi connectivity index (χ3v) is 5.13. The van der Waals surface area contributed by atoms with Crippen molar-refractivity contribution in [1.29, 1.82) is 0 Å². The van der Waals surface area contributed by atoms with E-state index in [9.17, 15) is 8.42 Å². The molecule has 0 aliphatic carbocycles. The molecule has 0 saturated carbocycles. The molecule has 1 aromatic rings. The predicted octanol–water partition coefficient (Wildman–Crippen LogP) is 2.01. The first kappa shape index (κ1) is 15.7. The molecule has 5 nitrogen and oxygen atoms in total. The third kappa shape index (κ3) is 3.31. The number of aromatic nitrogens is 1. The number of alkyl halides is 1. The number of ether oxygens (including phenoxy) is 1. The Morgan fingerprint density at radius 3 is 2.70 bits per heavy atom. The van der Waals surface area contributed by atoms with Gasteiger partial charge in [-0.2, -0.15) is 4.31 Å². The third-order valence-electron chi connectivity index (χ3n) is 3.09. The zero-order valence-corrected chi connectivity index (χ0v) is 13.4. The average Bonchev–Trinajstić information content (AvgIpc) is 2.36. The summed E-state index contributed by atoms with van der Waals surface area (Å²) in [5.74, 6) is 0.314. The second kappa shape index (κ2) is 5.60. The van der Waals surface area contributed by atoms with Crippen molar-refractivity contribution in [3.63, 3.8) is 0 Å². The minimum absolute atomic E-state index is 0.0521. The number of nitrogens with zero attached hydrogens (tertiary/aromatic N) is 2. The molecular formula is C13H19ClN2O3S. The van der Waals surface area contributed by atoms with E-state index in [0.717, 1.165) is 5.56 Å². The average molecular weight is 319 g/mol. The Balaban J connectivity index is 2.29. The molecule has 0 spiro atoms. The molecule has 0 amide bonds. The van der Waals surface area contributed by atoms with Crippen LogP contribution in [0, 0.1) is 0 Å². The monoisotopic (exact) mass is 318 g/mol. The van der Waals surface area contributed by atoms with Gasteiger partial charge in [0, 0.05) is 25.2 Å². The molecule has 1 atom stereocenters. The van der Waals surface area contributed by atoms with E-state index in [1.165, 1.54) is 16.6 Å². The first-order chi connectivity index (χ1) is 9.24. The molecule has 1 unspecified atom stereocenters. The number of rotatable bonds is 3. The van der Waals surface area contributed by atoms with Gasteiger partial charge in [0.05, 0.1) is 11.7 Å². The summed E-state index contributed by atoms with van der Waals surface area (Å²) in [4.78, 5) is 4.01. The molecule has 1 aliphatic heterocycles. The highest BCUT2D eigenvalue weighted by Gasteiger charge is 2.38. The summed E-state index contributed by atoms with van der Waals surface area (Å²) >= 11 is 5.68. The van der Waals surface area contributed by atoms with Crippen LogP contribution in [0.5, 0.6) is 0 Å². The van der Waals surface area contributed by atoms with E-state index in [1.807, 2.05) is 20.8 Å². The van der Waals surface area contributed by atoms with Gasteiger partial charge in [0.1, 0.15) is 0 Å². The predicted molar refractivity (Wildman–Crippen MR) is 77.2 cm³/mol. The fourth-order valence-corrected chi connectivity index (χ4v) is 4.09. The lowest BCUT2D eigenvalue weighted by Gasteiger charge is -2.40. The van der Waals surface area contributed by atoms with Gasteiger partial charge in [-0.3, -0.25) is 0 Å². The van der Waals surface area contributed by atoms with Crippen LogP contribution in [0.2, 0.25) is 0 Å². The van der Waals surface area contributed by atoms with Gasteiger partial charge in [-0.25, -0.2) is 13.4 Å². The molecule has 2 rings (SSSR count). The van der Waals surface area contributed by atoms with Crippen molar-refractivity contribution in [2.45, 2.75) is 43.4 Å². The maximum absolute atomic E-state index is 12.6. The van der Waals surface area contributed by atoms with Crippen LogP contribution >= 0.6 is 11.6 Å². The summed E-state index contributed by atoms with van der Waals surface area (Å²) in [6.07, 6.45) is 1.35. The number of sulfonamides is 1. The molecule has 1 saturated heterocycles. The van der Waals surface area contributed by atoms with Gasteiger partial charge in [-0.05, 0) is 32.4 Å². The fourth-order valence-electron chi connectivity index (χ4n) is 2.35. The molecule has 1 fully saturated rings. The summed E-state index contributed by atoms with van der Waals surface area (Å²) in [5.41, 5.74) is 0.294. The van der Waals surface area contributed by atoms with Crippen LogP contribution in [0.15, 0.2) is 23.4 Å². The molecule has 1 aliphatic rings. The van der Waals surface area contributed by atoms with E-state index in [1.54, 1.807) is 6.07 Å². The van der Waals surface area contributed by atoms with Crippen LogP contribution in [0.25, 0.3) is 0 Å². The number of hydrogen-bond donors (Lipinski definition) is 0. The standard InChI is InChI=1S/C13H19ClN2O3S/c1-10-8-16(9-13(2,3)19-10)20(17,18)12-5-4-11(6-14)7-15-12/h4-5,7,10H,6,8-9H2,1-3H3. The van der Waals surface area contributed by atoms with E-state index in [4.69, 9.17) is 16.3 Å². The Hall–Kier alpha value is -0.690. The minimum Gasteiger partial charge on any atom is -0.370 e. The summed E-state index contributed by atoms with van der Waals surface area (Å²) in [6.45, 7) is 6.29. The van der Waals surface area contributed by atoms with Crippen molar-refractivity contribution >= 4 is 21.6 Å². The van der Waals surface area contributed by atoms with Crippen LogP contribution in [-0.4, -0.2) is 42.5 Å². The van der Waals surface area contributed by atoms with Gasteiger partial charge in [-0.1, -0.05) is 6.07 Å². The van der Waals surface area contributed by atoms with Gasteiger partial charge in [0.25, 0.3) is 10.0 Å². The van der Waals surface area contributed by atoms with Gasteiger partial charge < -0.3 is 4.74 Å². The molecule has 0 bridgehead atoms. The number of halogens is 1. The van der Waals surface area contributed by atoms with E-state index >= 15 is 0 Å². The summed E-state index contributed by atoms with van der Waals surface area (Å²) in [5, 5.41) is 0.0521. The SMILES string of the molecule is CC1CN(S(=O)(=O)c2ccc(CCl)cn2)CC(C)(C)O1. The molecule has 20 heavy (non-hydrogen) atoms. The Labute approximate surface area is 125 Å². The van der Waals surface area contributed by atoms with Crippen molar-refractivity contribution in [3.05, 3.63) is 23.9 Å². The number of hydrogen-bond acceptors (Lipinski definition) is 4. The van der Waals surface area contributed by atoms with Crippen LogP contribution in [0.1, 0.15) is 26.3 Å². The molecule has 0 N–H and O–H groups in total. The van der Waals surface area contributed by atoms with Crippen molar-refractivity contribution in [3.8, 4) is 0 Å². The fraction of sp³-hybridized carbons (Fsp3) is 0.615. The normalized spacial score (nSPS) is 23.7. The Morgan fingerprint density at radius 2 is 2.20 bits per heavy atom. The van der Waals surface area contributed by atoms with E-state index in [0.29, 0.717) is 19.0 Å². The van der Waals surface area contributed by atoms with Crippen LogP contribution < -0.4 is 0 Å². The van der Waals surface area contributed by atoms with Gasteiger partial charge in [-0.15, -0.1) is 11.6 Å². The molecular weight excluding hydrogens is 300 g/mol. The second-order valence-electron chi connectivity index (χ2n) is 5.62.